The quantitative estimate of drug-likeness (QED) is 0.661. The largest absolute Gasteiger partial charge is 0.351 e. The maximum absolute atomic E-state index is 13.4. The first kappa shape index (κ1) is 17.7. The van der Waals surface area contributed by atoms with Gasteiger partial charge < -0.3 is 14.8 Å². The summed E-state index contributed by atoms with van der Waals surface area (Å²) in [7, 11) is 0. The summed E-state index contributed by atoms with van der Waals surface area (Å²) in [6, 6.07) is 14.6. The summed E-state index contributed by atoms with van der Waals surface area (Å²) in [5, 5.41) is 4.02. The minimum absolute atomic E-state index is 0.0714. The number of thiocarbonyl (C=S) groups is 1. The maximum atomic E-state index is 13.4. The minimum Gasteiger partial charge on any atom is -0.351 e. The fourth-order valence-corrected chi connectivity index (χ4v) is 3.85. The van der Waals surface area contributed by atoms with Crippen molar-refractivity contribution in [3.05, 3.63) is 84.2 Å². The molecule has 0 amide bonds. The highest BCUT2D eigenvalue weighted by atomic mass is 32.1. The number of halogens is 1. The second kappa shape index (κ2) is 7.12. The second-order valence-corrected chi connectivity index (χ2v) is 7.35. The lowest BCUT2D eigenvalue weighted by Crippen LogP contribution is -2.29. The van der Waals surface area contributed by atoms with E-state index >= 15 is 0 Å². The number of hydrogen-bond donors (Lipinski definition) is 1. The van der Waals surface area contributed by atoms with E-state index in [1.54, 1.807) is 18.3 Å². The number of pyridine rings is 1. The lowest BCUT2D eigenvalue weighted by molar-refractivity contribution is 0.559. The van der Waals surface area contributed by atoms with Crippen molar-refractivity contribution in [3.8, 4) is 0 Å². The van der Waals surface area contributed by atoms with Crippen LogP contribution >= 0.6 is 12.2 Å². The Kier molecular flexibility index (Phi) is 4.66. The van der Waals surface area contributed by atoms with E-state index in [1.165, 1.54) is 12.1 Å². The van der Waals surface area contributed by atoms with Gasteiger partial charge in [0.2, 0.25) is 0 Å². The first-order chi connectivity index (χ1) is 13.0. The van der Waals surface area contributed by atoms with Crippen molar-refractivity contribution in [1.29, 1.82) is 0 Å². The van der Waals surface area contributed by atoms with Gasteiger partial charge in [0.1, 0.15) is 5.82 Å². The molecule has 138 valence electrons. The highest BCUT2D eigenvalue weighted by Gasteiger charge is 2.41. The van der Waals surface area contributed by atoms with E-state index in [1.807, 2.05) is 23.1 Å². The number of hydrogen-bond acceptors (Lipinski definition) is 2. The third-order valence-corrected chi connectivity index (χ3v) is 5.19. The van der Waals surface area contributed by atoms with Crippen molar-refractivity contribution < 1.29 is 4.39 Å². The van der Waals surface area contributed by atoms with E-state index in [4.69, 9.17) is 12.2 Å². The molecule has 0 saturated carbocycles. The van der Waals surface area contributed by atoms with Crippen LogP contribution in [-0.4, -0.2) is 14.7 Å². The zero-order valence-corrected chi connectivity index (χ0v) is 16.0. The molecule has 3 heterocycles. The third-order valence-electron chi connectivity index (χ3n) is 4.88. The molecule has 0 radical (unpaired) electrons. The van der Waals surface area contributed by atoms with Crippen LogP contribution in [0, 0.1) is 5.82 Å². The Balaban J connectivity index is 1.81. The Morgan fingerprint density at radius 3 is 2.52 bits per heavy atom. The van der Waals surface area contributed by atoms with Gasteiger partial charge in [-0.1, -0.05) is 6.07 Å². The van der Waals surface area contributed by atoms with Crippen molar-refractivity contribution in [2.75, 3.05) is 4.90 Å². The van der Waals surface area contributed by atoms with Gasteiger partial charge in [-0.25, -0.2) is 4.39 Å². The average molecular weight is 380 g/mol. The highest BCUT2D eigenvalue weighted by molar-refractivity contribution is 7.80. The molecule has 0 spiro atoms. The van der Waals surface area contributed by atoms with Crippen LogP contribution in [0.15, 0.2) is 67.1 Å². The predicted molar refractivity (Wildman–Crippen MR) is 109 cm³/mol. The van der Waals surface area contributed by atoms with Gasteiger partial charge in [-0.2, -0.15) is 0 Å². The van der Waals surface area contributed by atoms with Crippen LogP contribution in [0.1, 0.15) is 43.2 Å². The van der Waals surface area contributed by atoms with Gasteiger partial charge in [0, 0.05) is 30.3 Å². The smallest absolute Gasteiger partial charge is 0.174 e. The summed E-state index contributed by atoms with van der Waals surface area (Å²) >= 11 is 5.65. The van der Waals surface area contributed by atoms with Crippen molar-refractivity contribution >= 4 is 23.0 Å². The molecule has 3 aromatic rings. The summed E-state index contributed by atoms with van der Waals surface area (Å²) in [5.41, 5.74) is 2.91. The van der Waals surface area contributed by atoms with Gasteiger partial charge in [-0.3, -0.25) is 4.98 Å². The van der Waals surface area contributed by atoms with E-state index in [0.29, 0.717) is 11.2 Å². The third kappa shape index (κ3) is 3.32. The van der Waals surface area contributed by atoms with E-state index in [-0.39, 0.29) is 17.9 Å². The van der Waals surface area contributed by atoms with Crippen molar-refractivity contribution in [3.63, 3.8) is 0 Å². The molecule has 4 rings (SSSR count). The van der Waals surface area contributed by atoms with Crippen LogP contribution in [-0.2, 0) is 0 Å². The monoisotopic (exact) mass is 380 g/mol. The SMILES string of the molecule is CC(C)n1ccc([C@@H]2[C@H](c3ccccn3)NC(=S)N2c2ccc(F)cc2)c1. The Labute approximate surface area is 163 Å². The van der Waals surface area contributed by atoms with E-state index in [9.17, 15) is 4.39 Å². The van der Waals surface area contributed by atoms with Gasteiger partial charge in [0.05, 0.1) is 17.8 Å². The number of nitrogens with zero attached hydrogens (tertiary/aromatic N) is 3. The molecule has 27 heavy (non-hydrogen) atoms. The summed E-state index contributed by atoms with van der Waals surface area (Å²) < 4.78 is 15.6. The molecule has 1 aromatic carbocycles. The second-order valence-electron chi connectivity index (χ2n) is 6.96. The fourth-order valence-electron chi connectivity index (χ4n) is 3.50. The number of benzene rings is 1. The molecule has 1 N–H and O–H groups in total. The molecule has 2 aromatic heterocycles. The van der Waals surface area contributed by atoms with E-state index in [0.717, 1.165) is 16.9 Å². The summed E-state index contributed by atoms with van der Waals surface area (Å²) in [4.78, 5) is 6.59. The van der Waals surface area contributed by atoms with Gasteiger partial charge in [0.25, 0.3) is 0 Å². The van der Waals surface area contributed by atoms with Crippen LogP contribution in [0.5, 0.6) is 0 Å². The molecular weight excluding hydrogens is 359 g/mol. The van der Waals surface area contributed by atoms with E-state index < -0.39 is 0 Å². The normalized spacial score (nSPS) is 19.6. The van der Waals surface area contributed by atoms with Crippen LogP contribution in [0.2, 0.25) is 0 Å². The minimum atomic E-state index is -0.263. The molecule has 6 heteroatoms. The van der Waals surface area contributed by atoms with Gasteiger partial charge >= 0.3 is 0 Å². The topological polar surface area (TPSA) is 33.1 Å². The first-order valence-electron chi connectivity index (χ1n) is 8.98. The van der Waals surface area contributed by atoms with Gasteiger partial charge in [0.15, 0.2) is 5.11 Å². The van der Waals surface area contributed by atoms with Crippen LogP contribution in [0.25, 0.3) is 0 Å². The predicted octanol–water partition coefficient (Wildman–Crippen LogP) is 4.78. The number of anilines is 1. The highest BCUT2D eigenvalue weighted by Crippen LogP contribution is 2.41. The Morgan fingerprint density at radius 2 is 1.89 bits per heavy atom. The van der Waals surface area contributed by atoms with Crippen LogP contribution < -0.4 is 10.2 Å². The maximum Gasteiger partial charge on any atom is 0.174 e. The van der Waals surface area contributed by atoms with E-state index in [2.05, 4.69) is 47.2 Å². The Bertz CT molecular complexity index is 936. The van der Waals surface area contributed by atoms with Gasteiger partial charge in [-0.15, -0.1) is 0 Å². The molecule has 1 fully saturated rings. The summed E-state index contributed by atoms with van der Waals surface area (Å²) in [6.07, 6.45) is 6.02. The zero-order valence-electron chi connectivity index (χ0n) is 15.2. The van der Waals surface area contributed by atoms with Crippen LogP contribution in [0.3, 0.4) is 0 Å². The zero-order chi connectivity index (χ0) is 19.0. The summed E-state index contributed by atoms with van der Waals surface area (Å²) in [6.45, 7) is 4.30. The average Bonchev–Trinajstić information content (AvgIpc) is 3.28. The molecular formula is C21H21FN4S. The number of aromatic nitrogens is 2. The molecule has 2 atom stereocenters. The van der Waals surface area contributed by atoms with Gasteiger partial charge in [-0.05, 0) is 74.1 Å². The fraction of sp³-hybridized carbons (Fsp3) is 0.238. The lowest BCUT2D eigenvalue weighted by Gasteiger charge is -2.27. The molecule has 0 aliphatic carbocycles. The Morgan fingerprint density at radius 1 is 1.11 bits per heavy atom. The molecule has 4 nitrogen and oxygen atoms in total. The standard InChI is InChI=1S/C21H21FN4S/c1-14(2)25-12-10-15(13-25)20-19(18-5-3-4-11-23-18)24-21(27)26(20)17-8-6-16(22)7-9-17/h3-14,19-20H,1-2H3,(H,24,27)/t19-,20+/m0/s1. The van der Waals surface area contributed by atoms with Crippen LogP contribution in [0.4, 0.5) is 10.1 Å². The first-order valence-corrected chi connectivity index (χ1v) is 9.39. The summed E-state index contributed by atoms with van der Waals surface area (Å²) in [5.74, 6) is -0.263. The molecule has 1 saturated heterocycles. The van der Waals surface area contributed by atoms with Crippen molar-refractivity contribution in [2.45, 2.75) is 32.0 Å². The molecule has 1 aliphatic heterocycles. The molecule has 0 unspecified atom stereocenters. The molecule has 1 aliphatic rings. The Hall–Kier alpha value is -2.73. The number of nitrogens with one attached hydrogen (secondary N) is 1. The number of rotatable bonds is 4. The lowest BCUT2D eigenvalue weighted by atomic mass is 9.98. The van der Waals surface area contributed by atoms with Crippen molar-refractivity contribution in [2.24, 2.45) is 0 Å². The molecule has 0 bridgehead atoms. The van der Waals surface area contributed by atoms with Crippen molar-refractivity contribution in [1.82, 2.24) is 14.9 Å².